The standard InChI is InChI=1S/C16H24N2O2.ClH/c1-3-12(2)20-15-8-6-13(7-9-15)16(19)18-10-4-5-14(18)11-17;/h6-9,12,14H,3-5,10-11,17H2,1-2H3;1H. The van der Waals surface area contributed by atoms with E-state index in [0.717, 1.165) is 31.6 Å². The summed E-state index contributed by atoms with van der Waals surface area (Å²) >= 11 is 0. The van der Waals surface area contributed by atoms with E-state index >= 15 is 0 Å². The minimum Gasteiger partial charge on any atom is -0.491 e. The third-order valence-corrected chi connectivity index (χ3v) is 3.92. The van der Waals surface area contributed by atoms with Crippen molar-refractivity contribution < 1.29 is 9.53 Å². The van der Waals surface area contributed by atoms with E-state index in [1.54, 1.807) is 0 Å². The number of ether oxygens (including phenoxy) is 1. The molecule has 2 rings (SSSR count). The highest BCUT2D eigenvalue weighted by molar-refractivity contribution is 5.94. The van der Waals surface area contributed by atoms with Crippen molar-refractivity contribution in [2.24, 2.45) is 5.73 Å². The van der Waals surface area contributed by atoms with Crippen LogP contribution in [-0.4, -0.2) is 36.0 Å². The van der Waals surface area contributed by atoms with Gasteiger partial charge in [0.2, 0.25) is 0 Å². The quantitative estimate of drug-likeness (QED) is 0.909. The van der Waals surface area contributed by atoms with Crippen molar-refractivity contribution in [3.05, 3.63) is 29.8 Å². The molecule has 2 atom stereocenters. The Kier molecular flexibility index (Phi) is 6.99. The zero-order valence-electron chi connectivity index (χ0n) is 12.7. The molecule has 1 fully saturated rings. The third-order valence-electron chi connectivity index (χ3n) is 3.92. The van der Waals surface area contributed by atoms with Gasteiger partial charge in [-0.3, -0.25) is 4.79 Å². The molecule has 1 aromatic carbocycles. The molecule has 0 saturated carbocycles. The van der Waals surface area contributed by atoms with Crippen LogP contribution < -0.4 is 10.5 Å². The lowest BCUT2D eigenvalue weighted by Gasteiger charge is -2.23. The summed E-state index contributed by atoms with van der Waals surface area (Å²) in [7, 11) is 0. The highest BCUT2D eigenvalue weighted by Gasteiger charge is 2.28. The van der Waals surface area contributed by atoms with Crippen LogP contribution in [0.5, 0.6) is 5.75 Å². The predicted molar refractivity (Wildman–Crippen MR) is 87.2 cm³/mol. The zero-order chi connectivity index (χ0) is 14.5. The second-order valence-electron chi connectivity index (χ2n) is 5.39. The smallest absolute Gasteiger partial charge is 0.254 e. The number of carbonyl (C=O) groups is 1. The molecule has 0 bridgehead atoms. The van der Waals surface area contributed by atoms with Crippen LogP contribution in [0.3, 0.4) is 0 Å². The lowest BCUT2D eigenvalue weighted by Crippen LogP contribution is -2.39. The van der Waals surface area contributed by atoms with E-state index in [2.05, 4.69) is 6.92 Å². The molecule has 1 aliphatic rings. The Bertz CT molecular complexity index is 450. The molecule has 0 aromatic heterocycles. The van der Waals surface area contributed by atoms with E-state index in [1.807, 2.05) is 36.1 Å². The van der Waals surface area contributed by atoms with Crippen LogP contribution in [0.25, 0.3) is 0 Å². The van der Waals surface area contributed by atoms with Gasteiger partial charge < -0.3 is 15.4 Å². The maximum atomic E-state index is 12.4. The molecular formula is C16H25ClN2O2. The van der Waals surface area contributed by atoms with E-state index in [9.17, 15) is 4.79 Å². The molecule has 1 aliphatic heterocycles. The lowest BCUT2D eigenvalue weighted by molar-refractivity contribution is 0.0741. The number of carbonyl (C=O) groups excluding carboxylic acids is 1. The van der Waals surface area contributed by atoms with Gasteiger partial charge in [0.25, 0.3) is 5.91 Å². The minimum absolute atomic E-state index is 0. The Morgan fingerprint density at radius 2 is 2.10 bits per heavy atom. The summed E-state index contributed by atoms with van der Waals surface area (Å²) < 4.78 is 5.72. The van der Waals surface area contributed by atoms with Gasteiger partial charge >= 0.3 is 0 Å². The Hall–Kier alpha value is -1.26. The van der Waals surface area contributed by atoms with Crippen LogP contribution in [-0.2, 0) is 0 Å². The van der Waals surface area contributed by atoms with E-state index in [0.29, 0.717) is 12.1 Å². The Labute approximate surface area is 133 Å². The average Bonchev–Trinajstić information content (AvgIpc) is 2.95. The van der Waals surface area contributed by atoms with Crippen LogP contribution in [0, 0.1) is 0 Å². The van der Waals surface area contributed by atoms with Crippen molar-refractivity contribution in [2.75, 3.05) is 13.1 Å². The summed E-state index contributed by atoms with van der Waals surface area (Å²) in [6.45, 7) is 5.48. The largest absolute Gasteiger partial charge is 0.491 e. The van der Waals surface area contributed by atoms with Crippen LogP contribution in [0.2, 0.25) is 0 Å². The van der Waals surface area contributed by atoms with Crippen molar-refractivity contribution in [3.8, 4) is 5.75 Å². The average molecular weight is 313 g/mol. The number of nitrogens with zero attached hydrogens (tertiary/aromatic N) is 1. The molecule has 1 heterocycles. The van der Waals surface area contributed by atoms with Gasteiger partial charge in [-0.05, 0) is 50.5 Å². The number of nitrogens with two attached hydrogens (primary N) is 1. The summed E-state index contributed by atoms with van der Waals surface area (Å²) in [5, 5.41) is 0. The molecule has 4 nitrogen and oxygen atoms in total. The molecule has 118 valence electrons. The Balaban J connectivity index is 0.00000220. The fourth-order valence-electron chi connectivity index (χ4n) is 2.51. The molecule has 1 aromatic rings. The summed E-state index contributed by atoms with van der Waals surface area (Å²) in [6.07, 6.45) is 3.21. The molecule has 2 unspecified atom stereocenters. The third kappa shape index (κ3) is 4.35. The van der Waals surface area contributed by atoms with Gasteiger partial charge in [-0.15, -0.1) is 12.4 Å². The maximum absolute atomic E-state index is 12.4. The van der Waals surface area contributed by atoms with Gasteiger partial charge in [0.1, 0.15) is 5.75 Å². The molecule has 21 heavy (non-hydrogen) atoms. The topological polar surface area (TPSA) is 55.6 Å². The normalized spacial score (nSPS) is 19.0. The molecule has 0 radical (unpaired) electrons. The van der Waals surface area contributed by atoms with Gasteiger partial charge in [-0.25, -0.2) is 0 Å². The van der Waals surface area contributed by atoms with Crippen molar-refractivity contribution in [1.82, 2.24) is 4.90 Å². The van der Waals surface area contributed by atoms with E-state index in [-0.39, 0.29) is 30.5 Å². The fraction of sp³-hybridized carbons (Fsp3) is 0.562. The first kappa shape index (κ1) is 17.8. The summed E-state index contributed by atoms with van der Waals surface area (Å²) in [6, 6.07) is 7.61. The number of hydrogen-bond donors (Lipinski definition) is 1. The molecule has 1 saturated heterocycles. The van der Waals surface area contributed by atoms with Crippen molar-refractivity contribution in [3.63, 3.8) is 0 Å². The molecule has 1 amide bonds. The minimum atomic E-state index is 0. The highest BCUT2D eigenvalue weighted by Crippen LogP contribution is 2.21. The van der Waals surface area contributed by atoms with Gasteiger partial charge in [-0.1, -0.05) is 6.92 Å². The number of likely N-dealkylation sites (tertiary alicyclic amines) is 1. The van der Waals surface area contributed by atoms with Crippen molar-refractivity contribution in [2.45, 2.75) is 45.3 Å². The van der Waals surface area contributed by atoms with Gasteiger partial charge in [0, 0.05) is 24.7 Å². The summed E-state index contributed by atoms with van der Waals surface area (Å²) in [4.78, 5) is 14.3. The predicted octanol–water partition coefficient (Wildman–Crippen LogP) is 2.85. The number of halogens is 1. The second-order valence-corrected chi connectivity index (χ2v) is 5.39. The fourth-order valence-corrected chi connectivity index (χ4v) is 2.51. The molecule has 5 heteroatoms. The zero-order valence-corrected chi connectivity index (χ0v) is 13.6. The highest BCUT2D eigenvalue weighted by atomic mass is 35.5. The van der Waals surface area contributed by atoms with Gasteiger partial charge in [-0.2, -0.15) is 0 Å². The van der Waals surface area contributed by atoms with E-state index in [4.69, 9.17) is 10.5 Å². The van der Waals surface area contributed by atoms with Crippen LogP contribution in [0.1, 0.15) is 43.5 Å². The monoisotopic (exact) mass is 312 g/mol. The number of amides is 1. The van der Waals surface area contributed by atoms with Gasteiger partial charge in [0.05, 0.1) is 6.10 Å². The molecule has 0 spiro atoms. The summed E-state index contributed by atoms with van der Waals surface area (Å²) in [5.41, 5.74) is 6.43. The molecular weight excluding hydrogens is 288 g/mol. The molecule has 0 aliphatic carbocycles. The Morgan fingerprint density at radius 1 is 1.43 bits per heavy atom. The van der Waals surface area contributed by atoms with Crippen molar-refractivity contribution in [1.29, 1.82) is 0 Å². The van der Waals surface area contributed by atoms with E-state index < -0.39 is 0 Å². The van der Waals surface area contributed by atoms with Crippen LogP contribution in [0.15, 0.2) is 24.3 Å². The molecule has 2 N–H and O–H groups in total. The summed E-state index contributed by atoms with van der Waals surface area (Å²) in [5.74, 6) is 0.890. The Morgan fingerprint density at radius 3 is 2.67 bits per heavy atom. The number of hydrogen-bond acceptors (Lipinski definition) is 3. The number of benzene rings is 1. The first-order valence-electron chi connectivity index (χ1n) is 7.43. The SMILES string of the molecule is CCC(C)Oc1ccc(C(=O)N2CCCC2CN)cc1.Cl. The second kappa shape index (κ2) is 8.25. The first-order chi connectivity index (χ1) is 9.65. The lowest BCUT2D eigenvalue weighted by atomic mass is 10.1. The maximum Gasteiger partial charge on any atom is 0.254 e. The van der Waals surface area contributed by atoms with Crippen LogP contribution in [0.4, 0.5) is 0 Å². The van der Waals surface area contributed by atoms with Crippen molar-refractivity contribution >= 4 is 18.3 Å². The number of rotatable bonds is 5. The van der Waals surface area contributed by atoms with E-state index in [1.165, 1.54) is 0 Å². The van der Waals surface area contributed by atoms with Crippen LogP contribution >= 0.6 is 12.4 Å². The first-order valence-corrected chi connectivity index (χ1v) is 7.43. The van der Waals surface area contributed by atoms with Gasteiger partial charge in [0.15, 0.2) is 0 Å².